The second-order valence-electron chi connectivity index (χ2n) is 8.22. The van der Waals surface area contributed by atoms with Crippen LogP contribution in [0.3, 0.4) is 0 Å². The number of halogens is 2. The smallest absolute Gasteiger partial charge is 0.252 e. The Labute approximate surface area is 196 Å². The largest absolute Gasteiger partial charge is 0.497 e. The molecule has 2 heterocycles. The normalized spacial score (nSPS) is 11.9. The highest BCUT2D eigenvalue weighted by Crippen LogP contribution is 2.29. The van der Waals surface area contributed by atoms with E-state index in [1.807, 2.05) is 13.8 Å². The van der Waals surface area contributed by atoms with Gasteiger partial charge in [0.15, 0.2) is 11.6 Å². The minimum absolute atomic E-state index is 0.0332. The van der Waals surface area contributed by atoms with Gasteiger partial charge < -0.3 is 26.8 Å². The Bertz CT molecular complexity index is 1170. The first-order chi connectivity index (χ1) is 16.2. The molecular formula is C24H28F2N6O2. The average Bonchev–Trinajstić information content (AvgIpc) is 2.80. The first kappa shape index (κ1) is 24.8. The number of aromatic nitrogens is 2. The maximum atomic E-state index is 14.7. The molecule has 8 nitrogen and oxygen atoms in total. The van der Waals surface area contributed by atoms with E-state index in [0.29, 0.717) is 34.9 Å². The molecule has 1 amide bonds. The number of nitrogens with zero attached hydrogens (tertiary/aromatic N) is 2. The van der Waals surface area contributed by atoms with Gasteiger partial charge in [-0.15, -0.1) is 0 Å². The summed E-state index contributed by atoms with van der Waals surface area (Å²) < 4.78 is 34.3. The standard InChI is InChI=1S/C24H28F2N6O2/c1-13(2)6-15(10-27)30-24-21(26)9-19(22(28)33)23(32-24)31-16-7-14(11-29-12-16)18-5-4-17(34-3)8-20(18)25/h4-5,7-9,11-13,15H,6,10,27H2,1-3H3,(H2,28,33)(H2,30,31,32). The van der Waals surface area contributed by atoms with Crippen LogP contribution in [-0.4, -0.2) is 35.6 Å². The molecule has 0 saturated heterocycles. The molecule has 34 heavy (non-hydrogen) atoms. The number of methoxy groups -OCH3 is 1. The summed E-state index contributed by atoms with van der Waals surface area (Å²) in [5, 5.41) is 5.94. The Hall–Kier alpha value is -3.79. The molecule has 1 unspecified atom stereocenters. The minimum atomic E-state index is -0.858. The van der Waals surface area contributed by atoms with Gasteiger partial charge in [0, 0.05) is 36.0 Å². The third-order valence-corrected chi connectivity index (χ3v) is 5.11. The van der Waals surface area contributed by atoms with Gasteiger partial charge in [0.05, 0.1) is 24.6 Å². The van der Waals surface area contributed by atoms with Crippen LogP contribution in [0.25, 0.3) is 11.1 Å². The van der Waals surface area contributed by atoms with E-state index in [-0.39, 0.29) is 29.8 Å². The molecule has 0 radical (unpaired) electrons. The second-order valence-corrected chi connectivity index (χ2v) is 8.22. The summed E-state index contributed by atoms with van der Waals surface area (Å²) in [6.45, 7) is 4.34. The number of ether oxygens (including phenoxy) is 1. The molecule has 0 bridgehead atoms. The lowest BCUT2D eigenvalue weighted by Gasteiger charge is -2.21. The van der Waals surface area contributed by atoms with E-state index >= 15 is 0 Å². The highest BCUT2D eigenvalue weighted by Gasteiger charge is 2.19. The molecule has 180 valence electrons. The fraction of sp³-hybridized carbons (Fsp3) is 0.292. The Morgan fingerprint density at radius 3 is 2.50 bits per heavy atom. The molecule has 0 saturated carbocycles. The summed E-state index contributed by atoms with van der Waals surface area (Å²) in [5.41, 5.74) is 12.3. The number of benzene rings is 1. The number of hydrogen-bond donors (Lipinski definition) is 4. The number of rotatable bonds is 10. The molecule has 0 fully saturated rings. The molecule has 1 aromatic carbocycles. The zero-order valence-corrected chi connectivity index (χ0v) is 19.2. The number of nitrogens with one attached hydrogen (secondary N) is 2. The minimum Gasteiger partial charge on any atom is -0.497 e. The molecule has 6 N–H and O–H groups in total. The number of primary amides is 1. The first-order valence-electron chi connectivity index (χ1n) is 10.7. The number of nitrogens with two attached hydrogens (primary N) is 2. The van der Waals surface area contributed by atoms with Crippen molar-refractivity contribution in [3.05, 3.63) is 59.9 Å². The van der Waals surface area contributed by atoms with Crippen molar-refractivity contribution < 1.29 is 18.3 Å². The Balaban J connectivity index is 1.95. The zero-order chi connectivity index (χ0) is 24.8. The van der Waals surface area contributed by atoms with Gasteiger partial charge in [-0.2, -0.15) is 0 Å². The van der Waals surface area contributed by atoms with E-state index in [2.05, 4.69) is 20.6 Å². The van der Waals surface area contributed by atoms with Gasteiger partial charge in [0.2, 0.25) is 0 Å². The van der Waals surface area contributed by atoms with E-state index in [4.69, 9.17) is 16.2 Å². The highest BCUT2D eigenvalue weighted by atomic mass is 19.1. The van der Waals surface area contributed by atoms with Gasteiger partial charge in [-0.05, 0) is 36.6 Å². The number of carbonyl (C=O) groups is 1. The van der Waals surface area contributed by atoms with E-state index in [1.54, 1.807) is 18.2 Å². The first-order valence-corrected chi connectivity index (χ1v) is 10.7. The van der Waals surface area contributed by atoms with E-state index in [0.717, 1.165) is 6.07 Å². The summed E-state index contributed by atoms with van der Waals surface area (Å²) >= 11 is 0. The zero-order valence-electron chi connectivity index (χ0n) is 19.2. The number of pyridine rings is 2. The van der Waals surface area contributed by atoms with Crippen LogP contribution in [0.5, 0.6) is 5.75 Å². The topological polar surface area (TPSA) is 128 Å². The SMILES string of the molecule is COc1ccc(-c2cncc(Nc3nc(NC(CN)CC(C)C)c(F)cc3C(N)=O)c2)c(F)c1. The molecule has 1 atom stereocenters. The number of anilines is 3. The Morgan fingerprint density at radius 1 is 1.12 bits per heavy atom. The lowest BCUT2D eigenvalue weighted by molar-refractivity contribution is 0.100. The molecule has 0 aliphatic heterocycles. The van der Waals surface area contributed by atoms with Crippen molar-refractivity contribution >= 4 is 23.2 Å². The number of amides is 1. The van der Waals surface area contributed by atoms with Crippen molar-refractivity contribution in [3.63, 3.8) is 0 Å². The monoisotopic (exact) mass is 470 g/mol. The van der Waals surface area contributed by atoms with Crippen molar-refractivity contribution in [2.75, 3.05) is 24.3 Å². The van der Waals surface area contributed by atoms with Crippen molar-refractivity contribution in [1.82, 2.24) is 9.97 Å². The fourth-order valence-corrected chi connectivity index (χ4v) is 3.50. The summed E-state index contributed by atoms with van der Waals surface area (Å²) in [6.07, 6.45) is 3.67. The van der Waals surface area contributed by atoms with E-state index in [1.165, 1.54) is 25.6 Å². The van der Waals surface area contributed by atoms with Crippen LogP contribution in [-0.2, 0) is 0 Å². The number of carbonyl (C=O) groups excluding carboxylic acids is 1. The van der Waals surface area contributed by atoms with E-state index in [9.17, 15) is 13.6 Å². The van der Waals surface area contributed by atoms with Crippen LogP contribution in [0.1, 0.15) is 30.6 Å². The lowest BCUT2D eigenvalue weighted by atomic mass is 10.0. The van der Waals surface area contributed by atoms with Crippen LogP contribution in [0.2, 0.25) is 0 Å². The van der Waals surface area contributed by atoms with Gasteiger partial charge in [0.25, 0.3) is 5.91 Å². The van der Waals surface area contributed by atoms with Crippen LogP contribution in [0.4, 0.5) is 26.1 Å². The van der Waals surface area contributed by atoms with Gasteiger partial charge in [-0.3, -0.25) is 9.78 Å². The van der Waals surface area contributed by atoms with Crippen molar-refractivity contribution in [2.24, 2.45) is 17.4 Å². The number of hydrogen-bond acceptors (Lipinski definition) is 7. The van der Waals surface area contributed by atoms with Crippen LogP contribution >= 0.6 is 0 Å². The van der Waals surface area contributed by atoms with Crippen LogP contribution in [0.15, 0.2) is 42.7 Å². The molecule has 0 aliphatic rings. The average molecular weight is 471 g/mol. The van der Waals surface area contributed by atoms with Crippen LogP contribution < -0.4 is 26.8 Å². The lowest BCUT2D eigenvalue weighted by Crippen LogP contribution is -2.31. The molecule has 3 rings (SSSR count). The maximum absolute atomic E-state index is 14.7. The summed E-state index contributed by atoms with van der Waals surface area (Å²) in [7, 11) is 1.45. The molecule has 3 aromatic rings. The fourth-order valence-electron chi connectivity index (χ4n) is 3.50. The molecule has 0 spiro atoms. The van der Waals surface area contributed by atoms with Gasteiger partial charge >= 0.3 is 0 Å². The molecule has 2 aromatic heterocycles. The quantitative estimate of drug-likeness (QED) is 0.352. The predicted octanol–water partition coefficient (Wildman–Crippen LogP) is 4.06. The third-order valence-electron chi connectivity index (χ3n) is 5.11. The molecular weight excluding hydrogens is 442 g/mol. The Kier molecular flexibility index (Phi) is 7.95. The maximum Gasteiger partial charge on any atom is 0.252 e. The van der Waals surface area contributed by atoms with Crippen molar-refractivity contribution in [1.29, 1.82) is 0 Å². The Morgan fingerprint density at radius 2 is 1.88 bits per heavy atom. The van der Waals surface area contributed by atoms with Gasteiger partial charge in [0.1, 0.15) is 17.4 Å². The summed E-state index contributed by atoms with van der Waals surface area (Å²) in [5.74, 6) is -1.38. The van der Waals surface area contributed by atoms with Crippen molar-refractivity contribution in [2.45, 2.75) is 26.3 Å². The predicted molar refractivity (Wildman–Crippen MR) is 128 cm³/mol. The summed E-state index contributed by atoms with van der Waals surface area (Å²) in [4.78, 5) is 20.3. The van der Waals surface area contributed by atoms with Crippen molar-refractivity contribution in [3.8, 4) is 16.9 Å². The third kappa shape index (κ3) is 5.96. The molecule has 0 aliphatic carbocycles. The van der Waals surface area contributed by atoms with Gasteiger partial charge in [-0.1, -0.05) is 13.8 Å². The van der Waals surface area contributed by atoms with Crippen LogP contribution in [0, 0.1) is 17.6 Å². The van der Waals surface area contributed by atoms with Gasteiger partial charge in [-0.25, -0.2) is 13.8 Å². The van der Waals surface area contributed by atoms with E-state index < -0.39 is 17.5 Å². The summed E-state index contributed by atoms with van der Waals surface area (Å²) in [6, 6.07) is 6.91. The molecule has 10 heteroatoms. The highest BCUT2D eigenvalue weighted by molar-refractivity contribution is 5.98. The second kappa shape index (κ2) is 10.9.